The van der Waals surface area contributed by atoms with Crippen LogP contribution in [-0.2, 0) is 16.0 Å². The van der Waals surface area contributed by atoms with Gasteiger partial charge in [-0.15, -0.1) is 0 Å². The number of carbonyl (C=O) groups excluding carboxylic acids is 2. The molecule has 0 saturated heterocycles. The Morgan fingerprint density at radius 2 is 2.47 bits per heavy atom. The van der Waals surface area contributed by atoms with E-state index in [9.17, 15) is 9.59 Å². The van der Waals surface area contributed by atoms with Gasteiger partial charge >= 0.3 is 0 Å². The average molecular weight is 210 g/mol. The van der Waals surface area contributed by atoms with Gasteiger partial charge in [0.2, 0.25) is 12.3 Å². The highest BCUT2D eigenvalue weighted by Gasteiger charge is 2.12. The van der Waals surface area contributed by atoms with Gasteiger partial charge in [-0.3, -0.25) is 19.6 Å². The lowest BCUT2D eigenvalue weighted by molar-refractivity contribution is -0.137. The van der Waals surface area contributed by atoms with Crippen LogP contribution in [-0.4, -0.2) is 40.5 Å². The summed E-state index contributed by atoms with van der Waals surface area (Å²) in [6, 6.07) is 1.70. The minimum absolute atomic E-state index is 0.156. The summed E-state index contributed by atoms with van der Waals surface area (Å²) in [4.78, 5) is 23.3. The molecule has 15 heavy (non-hydrogen) atoms. The summed E-state index contributed by atoms with van der Waals surface area (Å²) in [6.07, 6.45) is 2.87. The van der Waals surface area contributed by atoms with E-state index < -0.39 is 0 Å². The number of carbonyl (C=O) groups is 2. The molecule has 1 heterocycles. The minimum atomic E-state index is -0.247. The van der Waals surface area contributed by atoms with Crippen molar-refractivity contribution in [1.29, 1.82) is 0 Å². The Kier molecular flexibility index (Phi) is 4.49. The maximum absolute atomic E-state index is 11.6. The number of rotatable bonds is 6. The van der Waals surface area contributed by atoms with Gasteiger partial charge in [0.1, 0.15) is 0 Å². The number of H-pyrrole nitrogens is 1. The van der Waals surface area contributed by atoms with Crippen molar-refractivity contribution >= 4 is 12.3 Å². The van der Waals surface area contributed by atoms with Crippen LogP contribution in [0.25, 0.3) is 0 Å². The van der Waals surface area contributed by atoms with E-state index in [0.29, 0.717) is 31.6 Å². The molecule has 3 N–H and O–H groups in total. The first-order valence-corrected chi connectivity index (χ1v) is 4.71. The number of nitrogens with two attached hydrogens (primary N) is 1. The second-order valence-electron chi connectivity index (χ2n) is 3.09. The van der Waals surface area contributed by atoms with Crippen LogP contribution in [0.4, 0.5) is 0 Å². The summed E-state index contributed by atoms with van der Waals surface area (Å²) in [5.74, 6) is -0.247. The van der Waals surface area contributed by atoms with Crippen molar-refractivity contribution in [2.75, 3.05) is 13.1 Å². The minimum Gasteiger partial charge on any atom is -0.330 e. The zero-order valence-corrected chi connectivity index (χ0v) is 8.35. The summed E-state index contributed by atoms with van der Waals surface area (Å²) in [6.45, 7) is 0.828. The van der Waals surface area contributed by atoms with E-state index in [0.717, 1.165) is 4.90 Å². The molecule has 0 saturated carbocycles. The quantitative estimate of drug-likeness (QED) is 0.606. The van der Waals surface area contributed by atoms with E-state index in [1.165, 1.54) is 0 Å². The van der Waals surface area contributed by atoms with Crippen molar-refractivity contribution in [3.05, 3.63) is 18.0 Å². The lowest BCUT2D eigenvalue weighted by atomic mass is 10.3. The molecule has 1 aromatic rings. The third-order valence-corrected chi connectivity index (χ3v) is 1.95. The van der Waals surface area contributed by atoms with Gasteiger partial charge in [0.25, 0.3) is 0 Å². The highest BCUT2D eigenvalue weighted by atomic mass is 16.2. The molecule has 0 aliphatic carbocycles. The zero-order chi connectivity index (χ0) is 11.1. The van der Waals surface area contributed by atoms with E-state index in [-0.39, 0.29) is 12.3 Å². The summed E-state index contributed by atoms with van der Waals surface area (Å²) in [7, 11) is 0. The zero-order valence-electron chi connectivity index (χ0n) is 8.35. The third-order valence-electron chi connectivity index (χ3n) is 1.95. The van der Waals surface area contributed by atoms with E-state index in [1.54, 1.807) is 12.3 Å². The van der Waals surface area contributed by atoms with Gasteiger partial charge in [0.15, 0.2) is 0 Å². The number of nitrogens with zero attached hydrogens (tertiary/aromatic N) is 2. The molecule has 1 aromatic heterocycles. The Bertz CT molecular complexity index is 310. The number of amides is 2. The van der Waals surface area contributed by atoms with Gasteiger partial charge in [-0.1, -0.05) is 0 Å². The second-order valence-corrected chi connectivity index (χ2v) is 3.09. The van der Waals surface area contributed by atoms with Crippen LogP contribution in [0.3, 0.4) is 0 Å². The van der Waals surface area contributed by atoms with Crippen molar-refractivity contribution in [3.8, 4) is 0 Å². The van der Waals surface area contributed by atoms with Crippen LogP contribution in [0, 0.1) is 0 Å². The molecule has 0 aliphatic rings. The molecule has 0 fully saturated rings. The molecule has 0 radical (unpaired) electrons. The molecular formula is C9H14N4O2. The van der Waals surface area contributed by atoms with Crippen LogP contribution in [0.15, 0.2) is 12.3 Å². The van der Waals surface area contributed by atoms with Crippen LogP contribution < -0.4 is 5.73 Å². The second kappa shape index (κ2) is 5.92. The molecule has 6 heteroatoms. The lowest BCUT2D eigenvalue weighted by Crippen LogP contribution is -2.32. The van der Waals surface area contributed by atoms with Gasteiger partial charge in [-0.2, -0.15) is 5.10 Å². The molecule has 82 valence electrons. The molecule has 0 bridgehead atoms. The smallest absolute Gasteiger partial charge is 0.234 e. The normalized spacial score (nSPS) is 9.93. The Morgan fingerprint density at radius 1 is 1.67 bits per heavy atom. The number of aromatic amines is 1. The molecule has 2 amide bonds. The molecular weight excluding hydrogens is 196 g/mol. The standard InChI is InChI=1S/C9H14N4O2/c10-3-1-5-13(7-14)9(15)6-8-2-4-11-12-8/h2,4,7H,1,3,5-6,10H2,(H,11,12). The van der Waals surface area contributed by atoms with Gasteiger partial charge < -0.3 is 5.73 Å². The number of imide groups is 1. The van der Waals surface area contributed by atoms with Crippen LogP contribution in [0.2, 0.25) is 0 Å². The van der Waals surface area contributed by atoms with Crippen molar-refractivity contribution in [2.24, 2.45) is 5.73 Å². The highest BCUT2D eigenvalue weighted by molar-refractivity contribution is 5.87. The molecule has 1 rings (SSSR count). The summed E-state index contributed by atoms with van der Waals surface area (Å²) in [5, 5.41) is 6.38. The fourth-order valence-corrected chi connectivity index (χ4v) is 1.15. The van der Waals surface area contributed by atoms with E-state index in [1.807, 2.05) is 0 Å². The fraction of sp³-hybridized carbons (Fsp3) is 0.444. The third kappa shape index (κ3) is 3.51. The predicted octanol–water partition coefficient (Wildman–Crippen LogP) is -0.714. The van der Waals surface area contributed by atoms with Crippen LogP contribution >= 0.6 is 0 Å². The van der Waals surface area contributed by atoms with Gasteiger partial charge in [0.05, 0.1) is 6.42 Å². The van der Waals surface area contributed by atoms with Crippen LogP contribution in [0.5, 0.6) is 0 Å². The molecule has 6 nitrogen and oxygen atoms in total. The topological polar surface area (TPSA) is 92.1 Å². The van der Waals surface area contributed by atoms with Gasteiger partial charge in [-0.25, -0.2) is 0 Å². The molecule has 0 aliphatic heterocycles. The predicted molar refractivity (Wildman–Crippen MR) is 53.7 cm³/mol. The van der Waals surface area contributed by atoms with E-state index >= 15 is 0 Å². The van der Waals surface area contributed by atoms with Gasteiger partial charge in [-0.05, 0) is 19.0 Å². The maximum Gasteiger partial charge on any atom is 0.234 e. The summed E-state index contributed by atoms with van der Waals surface area (Å²) >= 11 is 0. The summed E-state index contributed by atoms with van der Waals surface area (Å²) in [5.41, 5.74) is 5.99. The first kappa shape index (κ1) is 11.4. The van der Waals surface area contributed by atoms with Crippen molar-refractivity contribution in [3.63, 3.8) is 0 Å². The molecule has 0 atom stereocenters. The lowest BCUT2D eigenvalue weighted by Gasteiger charge is -2.13. The monoisotopic (exact) mass is 210 g/mol. The fourth-order valence-electron chi connectivity index (χ4n) is 1.15. The first-order valence-electron chi connectivity index (χ1n) is 4.71. The Hall–Kier alpha value is -1.69. The number of hydrogen-bond acceptors (Lipinski definition) is 4. The SMILES string of the molecule is NCCCN(C=O)C(=O)Cc1ccn[nH]1. The first-order chi connectivity index (χ1) is 7.27. The largest absolute Gasteiger partial charge is 0.330 e. The van der Waals surface area contributed by atoms with E-state index in [4.69, 9.17) is 5.73 Å². The summed E-state index contributed by atoms with van der Waals surface area (Å²) < 4.78 is 0. The highest BCUT2D eigenvalue weighted by Crippen LogP contribution is 1.98. The average Bonchev–Trinajstić information content (AvgIpc) is 2.71. The van der Waals surface area contributed by atoms with Crippen molar-refractivity contribution < 1.29 is 9.59 Å². The Balaban J connectivity index is 2.46. The van der Waals surface area contributed by atoms with Crippen LogP contribution in [0.1, 0.15) is 12.1 Å². The Morgan fingerprint density at radius 3 is 3.00 bits per heavy atom. The van der Waals surface area contributed by atoms with Gasteiger partial charge in [0, 0.05) is 18.4 Å². The number of aromatic nitrogens is 2. The Labute approximate surface area is 87.4 Å². The molecule has 0 unspecified atom stereocenters. The molecule has 0 aromatic carbocycles. The number of nitrogens with one attached hydrogen (secondary N) is 1. The molecule has 0 spiro atoms. The number of hydrogen-bond donors (Lipinski definition) is 2. The van der Waals surface area contributed by atoms with E-state index in [2.05, 4.69) is 10.2 Å². The van der Waals surface area contributed by atoms with Crippen molar-refractivity contribution in [1.82, 2.24) is 15.1 Å². The van der Waals surface area contributed by atoms with Crippen molar-refractivity contribution in [2.45, 2.75) is 12.8 Å². The maximum atomic E-state index is 11.6.